The predicted molar refractivity (Wildman–Crippen MR) is 105 cm³/mol. The number of thioether (sulfide) groups is 1. The summed E-state index contributed by atoms with van der Waals surface area (Å²) in [6.45, 7) is 0.248. The lowest BCUT2D eigenvalue weighted by Gasteiger charge is -2.04. The summed E-state index contributed by atoms with van der Waals surface area (Å²) in [7, 11) is 0. The van der Waals surface area contributed by atoms with Gasteiger partial charge in [-0.05, 0) is 17.7 Å². The minimum atomic E-state index is -0.394. The van der Waals surface area contributed by atoms with Crippen LogP contribution < -0.4 is 9.47 Å². The van der Waals surface area contributed by atoms with Crippen molar-refractivity contribution in [1.82, 2.24) is 14.6 Å². The highest BCUT2D eigenvalue weighted by Gasteiger charge is 2.17. The number of nitro groups is 1. The first-order valence-electron chi connectivity index (χ1n) is 8.28. The number of hydrogen-bond donors (Lipinski definition) is 0. The molecule has 140 valence electrons. The summed E-state index contributed by atoms with van der Waals surface area (Å²) in [4.78, 5) is 11.4. The van der Waals surface area contributed by atoms with Gasteiger partial charge in [0.15, 0.2) is 16.7 Å². The molecule has 0 unspecified atom stereocenters. The third-order valence-corrected chi connectivity index (χ3v) is 6.09. The van der Waals surface area contributed by atoms with Crippen LogP contribution in [0.5, 0.6) is 11.5 Å². The zero-order chi connectivity index (χ0) is 19.1. The van der Waals surface area contributed by atoms with Crippen LogP contribution in [0.4, 0.5) is 5.69 Å². The lowest BCUT2D eigenvalue weighted by Crippen LogP contribution is -1.93. The van der Waals surface area contributed by atoms with Gasteiger partial charge in [-0.1, -0.05) is 30.0 Å². The van der Waals surface area contributed by atoms with Crippen LogP contribution in [0.25, 0.3) is 16.2 Å². The summed E-state index contributed by atoms with van der Waals surface area (Å²) in [5, 5.41) is 22.3. The Bertz CT molecular complexity index is 1200. The van der Waals surface area contributed by atoms with Gasteiger partial charge in [0.05, 0.1) is 10.6 Å². The molecular formula is C18H12N4O4S2. The Labute approximate surface area is 166 Å². The van der Waals surface area contributed by atoms with E-state index in [1.807, 2.05) is 34.0 Å². The summed E-state index contributed by atoms with van der Waals surface area (Å²) >= 11 is 3.00. The third kappa shape index (κ3) is 2.96. The molecule has 0 atom stereocenters. The summed E-state index contributed by atoms with van der Waals surface area (Å²) < 4.78 is 12.7. The molecule has 10 heteroatoms. The van der Waals surface area contributed by atoms with Crippen LogP contribution in [0.3, 0.4) is 0 Å². The number of benzene rings is 2. The van der Waals surface area contributed by atoms with E-state index in [1.54, 1.807) is 23.9 Å². The topological polar surface area (TPSA) is 91.8 Å². The van der Waals surface area contributed by atoms with Crippen LogP contribution in [0.2, 0.25) is 0 Å². The highest BCUT2D eigenvalue weighted by atomic mass is 32.2. The molecule has 4 aromatic rings. The minimum absolute atomic E-state index is 0.0551. The summed E-state index contributed by atoms with van der Waals surface area (Å²) in [5.74, 6) is 2.18. The SMILES string of the molecule is O=[N+]([O-])c1cccc(-c2csc3nnc(SCc4ccc5c(c4)OCO5)n23)c1. The van der Waals surface area contributed by atoms with Gasteiger partial charge < -0.3 is 9.47 Å². The average Bonchev–Trinajstić information content (AvgIpc) is 3.42. The van der Waals surface area contributed by atoms with Gasteiger partial charge in [0.1, 0.15) is 0 Å². The lowest BCUT2D eigenvalue weighted by atomic mass is 10.1. The van der Waals surface area contributed by atoms with E-state index in [-0.39, 0.29) is 12.5 Å². The molecule has 0 radical (unpaired) electrons. The number of thiazole rings is 1. The second kappa shape index (κ2) is 6.80. The number of aromatic nitrogens is 3. The van der Waals surface area contributed by atoms with E-state index < -0.39 is 4.92 Å². The fraction of sp³-hybridized carbons (Fsp3) is 0.111. The molecule has 8 nitrogen and oxygen atoms in total. The fourth-order valence-corrected chi connectivity index (χ4v) is 4.73. The van der Waals surface area contributed by atoms with Crippen molar-refractivity contribution in [3.63, 3.8) is 0 Å². The van der Waals surface area contributed by atoms with Crippen molar-refractivity contribution in [3.05, 3.63) is 63.5 Å². The minimum Gasteiger partial charge on any atom is -0.454 e. The lowest BCUT2D eigenvalue weighted by molar-refractivity contribution is -0.384. The highest BCUT2D eigenvalue weighted by Crippen LogP contribution is 2.36. The van der Waals surface area contributed by atoms with Crippen molar-refractivity contribution >= 4 is 33.7 Å². The molecule has 0 saturated heterocycles. The molecule has 3 heterocycles. The van der Waals surface area contributed by atoms with Gasteiger partial charge in [0.25, 0.3) is 5.69 Å². The molecule has 0 spiro atoms. The summed E-state index contributed by atoms with van der Waals surface area (Å²) in [6, 6.07) is 12.4. The van der Waals surface area contributed by atoms with Crippen molar-refractivity contribution in [1.29, 1.82) is 0 Å². The Kier molecular flexibility index (Phi) is 4.14. The standard InChI is InChI=1S/C18H12N4O4S2/c23-22(24)13-3-1-2-12(7-13)14-9-28-18-20-19-17(21(14)18)27-8-11-4-5-15-16(6-11)26-10-25-15/h1-7,9H,8,10H2. The second-order valence-corrected chi connectivity index (χ2v) is 7.78. The van der Waals surface area contributed by atoms with Gasteiger partial charge in [0.2, 0.25) is 11.8 Å². The average molecular weight is 412 g/mol. The van der Waals surface area contributed by atoms with Crippen molar-refractivity contribution in [2.75, 3.05) is 6.79 Å². The molecule has 0 bridgehead atoms. The maximum atomic E-state index is 11.1. The monoisotopic (exact) mass is 412 g/mol. The molecule has 2 aromatic heterocycles. The van der Waals surface area contributed by atoms with Gasteiger partial charge in [0, 0.05) is 28.8 Å². The number of ether oxygens (including phenoxy) is 2. The first-order valence-corrected chi connectivity index (χ1v) is 10.1. The molecule has 1 aliphatic rings. The molecular weight excluding hydrogens is 400 g/mol. The van der Waals surface area contributed by atoms with Gasteiger partial charge in [-0.15, -0.1) is 21.5 Å². The fourth-order valence-electron chi connectivity index (χ4n) is 2.95. The first kappa shape index (κ1) is 17.0. The van der Waals surface area contributed by atoms with E-state index in [0.717, 1.165) is 38.4 Å². The quantitative estimate of drug-likeness (QED) is 0.273. The summed E-state index contributed by atoms with van der Waals surface area (Å²) in [5.41, 5.74) is 2.73. The van der Waals surface area contributed by atoms with Crippen molar-refractivity contribution in [2.24, 2.45) is 0 Å². The predicted octanol–water partition coefficient (Wildman–Crippen LogP) is 4.39. The maximum Gasteiger partial charge on any atom is 0.270 e. The Morgan fingerprint density at radius 1 is 1.18 bits per heavy atom. The zero-order valence-electron chi connectivity index (χ0n) is 14.3. The molecule has 1 aliphatic heterocycles. The van der Waals surface area contributed by atoms with E-state index in [1.165, 1.54) is 17.4 Å². The molecule has 5 rings (SSSR count). The van der Waals surface area contributed by atoms with Crippen molar-refractivity contribution < 1.29 is 14.4 Å². The largest absolute Gasteiger partial charge is 0.454 e. The first-order chi connectivity index (χ1) is 13.7. The molecule has 28 heavy (non-hydrogen) atoms. The van der Waals surface area contributed by atoms with Gasteiger partial charge in [-0.25, -0.2) is 0 Å². The number of nitro benzene ring substituents is 1. The van der Waals surface area contributed by atoms with Crippen molar-refractivity contribution in [2.45, 2.75) is 10.9 Å². The van der Waals surface area contributed by atoms with Crippen LogP contribution in [0.1, 0.15) is 5.56 Å². The van der Waals surface area contributed by atoms with Crippen LogP contribution >= 0.6 is 23.1 Å². The van der Waals surface area contributed by atoms with E-state index >= 15 is 0 Å². The smallest absolute Gasteiger partial charge is 0.270 e. The third-order valence-electron chi connectivity index (χ3n) is 4.28. The second-order valence-electron chi connectivity index (χ2n) is 6.01. The number of nitrogens with zero attached hydrogens (tertiary/aromatic N) is 4. The van der Waals surface area contributed by atoms with Gasteiger partial charge in [-0.3, -0.25) is 14.5 Å². The number of rotatable bonds is 5. The van der Waals surface area contributed by atoms with E-state index in [9.17, 15) is 10.1 Å². The normalized spacial score (nSPS) is 12.6. The number of non-ortho nitro benzene ring substituents is 1. The van der Waals surface area contributed by atoms with Crippen LogP contribution in [0, 0.1) is 10.1 Å². The Morgan fingerprint density at radius 3 is 2.96 bits per heavy atom. The Balaban J connectivity index is 1.45. The van der Waals surface area contributed by atoms with E-state index in [0.29, 0.717) is 5.75 Å². The van der Waals surface area contributed by atoms with E-state index in [2.05, 4.69) is 10.2 Å². The summed E-state index contributed by atoms with van der Waals surface area (Å²) in [6.07, 6.45) is 0. The molecule has 2 aromatic carbocycles. The maximum absolute atomic E-state index is 11.1. The molecule has 0 saturated carbocycles. The Hall–Kier alpha value is -3.11. The zero-order valence-corrected chi connectivity index (χ0v) is 15.9. The number of fused-ring (bicyclic) bond motifs is 2. The van der Waals surface area contributed by atoms with Gasteiger partial charge in [-0.2, -0.15) is 0 Å². The molecule has 0 N–H and O–H groups in total. The molecule has 0 amide bonds. The Morgan fingerprint density at radius 2 is 2.07 bits per heavy atom. The highest BCUT2D eigenvalue weighted by molar-refractivity contribution is 7.98. The van der Waals surface area contributed by atoms with E-state index in [4.69, 9.17) is 9.47 Å². The van der Waals surface area contributed by atoms with Crippen molar-refractivity contribution in [3.8, 4) is 22.8 Å². The van der Waals surface area contributed by atoms with Crippen LogP contribution in [-0.4, -0.2) is 26.3 Å². The van der Waals surface area contributed by atoms with Crippen LogP contribution in [0.15, 0.2) is 53.0 Å². The molecule has 0 fully saturated rings. The molecule has 0 aliphatic carbocycles. The van der Waals surface area contributed by atoms with Gasteiger partial charge >= 0.3 is 0 Å². The van der Waals surface area contributed by atoms with Crippen LogP contribution in [-0.2, 0) is 5.75 Å². The number of hydrogen-bond acceptors (Lipinski definition) is 8.